The first-order valence-corrected chi connectivity index (χ1v) is 8.51. The topological polar surface area (TPSA) is 71.6 Å². The molecule has 130 valence electrons. The van der Waals surface area contributed by atoms with Crippen LogP contribution in [0.1, 0.15) is 25.2 Å². The van der Waals surface area contributed by atoms with Crippen LogP contribution in [-0.2, 0) is 11.2 Å². The molecule has 6 nitrogen and oxygen atoms in total. The summed E-state index contributed by atoms with van der Waals surface area (Å²) in [7, 11) is 2.07. The lowest BCUT2D eigenvalue weighted by Gasteiger charge is -2.43. The van der Waals surface area contributed by atoms with Crippen LogP contribution in [0.4, 0.5) is 0 Å². The first kappa shape index (κ1) is 17.1. The number of hydrogen-bond donors (Lipinski definition) is 1. The van der Waals surface area contributed by atoms with Crippen LogP contribution in [0.5, 0.6) is 0 Å². The zero-order valence-corrected chi connectivity index (χ0v) is 14.1. The smallest absolute Gasteiger partial charge is 0.227 e. The summed E-state index contributed by atoms with van der Waals surface area (Å²) < 4.78 is 10.8. The number of likely N-dealkylation sites (N-methyl/N-ethyl adjacent to an activating group) is 1. The van der Waals surface area contributed by atoms with Gasteiger partial charge in [-0.15, -0.1) is 0 Å². The highest BCUT2D eigenvalue weighted by Crippen LogP contribution is 2.26. The van der Waals surface area contributed by atoms with Gasteiger partial charge in [0, 0.05) is 30.7 Å². The molecule has 6 heteroatoms. The van der Waals surface area contributed by atoms with Crippen LogP contribution >= 0.6 is 0 Å². The zero-order chi connectivity index (χ0) is 16.8. The molecule has 0 unspecified atom stereocenters. The second kappa shape index (κ2) is 7.88. The fourth-order valence-corrected chi connectivity index (χ4v) is 3.18. The maximum Gasteiger partial charge on any atom is 0.227 e. The molecule has 3 rings (SSSR count). The molecule has 2 heterocycles. The number of ether oxygens (including phenoxy) is 1. The van der Waals surface area contributed by atoms with Gasteiger partial charge in [0.15, 0.2) is 0 Å². The average Bonchev–Trinajstić information content (AvgIpc) is 3.12. The van der Waals surface area contributed by atoms with Crippen LogP contribution < -0.4 is 0 Å². The molecule has 0 bridgehead atoms. The monoisotopic (exact) mass is 331 g/mol. The van der Waals surface area contributed by atoms with Crippen LogP contribution in [-0.4, -0.2) is 59.1 Å². The molecule has 1 aliphatic heterocycles. The Morgan fingerprint density at radius 2 is 1.96 bits per heavy atom. The summed E-state index contributed by atoms with van der Waals surface area (Å²) in [5.41, 5.74) is 0.813. The van der Waals surface area contributed by atoms with Crippen LogP contribution in [0, 0.1) is 0 Å². The third-order valence-corrected chi connectivity index (χ3v) is 4.91. The largest absolute Gasteiger partial charge is 0.394 e. The van der Waals surface area contributed by atoms with E-state index in [0.717, 1.165) is 51.0 Å². The average molecular weight is 331 g/mol. The molecule has 1 aromatic carbocycles. The Balaban J connectivity index is 1.52. The van der Waals surface area contributed by atoms with Gasteiger partial charge in [0.2, 0.25) is 11.7 Å². The number of hydrogen-bond acceptors (Lipinski definition) is 6. The van der Waals surface area contributed by atoms with E-state index < -0.39 is 0 Å². The summed E-state index contributed by atoms with van der Waals surface area (Å²) >= 11 is 0. The van der Waals surface area contributed by atoms with Gasteiger partial charge in [-0.1, -0.05) is 35.5 Å². The SMILES string of the molecule is CN(CCCc1nc(-c2ccccc2)no1)C1(CO)CCOCC1. The summed E-state index contributed by atoms with van der Waals surface area (Å²) in [6, 6.07) is 9.83. The van der Waals surface area contributed by atoms with Crippen LogP contribution in [0.2, 0.25) is 0 Å². The minimum atomic E-state index is -0.151. The Hall–Kier alpha value is -1.76. The summed E-state index contributed by atoms with van der Waals surface area (Å²) in [6.45, 7) is 2.49. The van der Waals surface area contributed by atoms with E-state index in [4.69, 9.17) is 9.26 Å². The van der Waals surface area contributed by atoms with Gasteiger partial charge in [0.25, 0.3) is 0 Å². The lowest BCUT2D eigenvalue weighted by molar-refractivity contribution is -0.0463. The van der Waals surface area contributed by atoms with Crippen molar-refractivity contribution in [3.05, 3.63) is 36.2 Å². The fraction of sp³-hybridized carbons (Fsp3) is 0.556. The Bertz CT molecular complexity index is 623. The summed E-state index contributed by atoms with van der Waals surface area (Å²) in [5.74, 6) is 1.29. The lowest BCUT2D eigenvalue weighted by atomic mass is 9.89. The van der Waals surface area contributed by atoms with Crippen molar-refractivity contribution in [2.24, 2.45) is 0 Å². The molecular weight excluding hydrogens is 306 g/mol. The fourth-order valence-electron chi connectivity index (χ4n) is 3.18. The molecule has 0 radical (unpaired) electrons. The highest BCUT2D eigenvalue weighted by Gasteiger charge is 2.35. The van der Waals surface area contributed by atoms with E-state index >= 15 is 0 Å². The van der Waals surface area contributed by atoms with Crippen molar-refractivity contribution in [2.75, 3.05) is 33.4 Å². The third kappa shape index (κ3) is 3.83. The molecular formula is C18H25N3O3. The van der Waals surface area contributed by atoms with Crippen molar-refractivity contribution in [1.29, 1.82) is 0 Å². The number of benzene rings is 1. The lowest BCUT2D eigenvalue weighted by Crippen LogP contribution is -2.53. The van der Waals surface area contributed by atoms with Crippen LogP contribution in [0.15, 0.2) is 34.9 Å². The summed E-state index contributed by atoms with van der Waals surface area (Å²) in [5, 5.41) is 13.9. The van der Waals surface area contributed by atoms with E-state index in [9.17, 15) is 5.11 Å². The molecule has 1 N–H and O–H groups in total. The standard InChI is InChI=1S/C18H25N3O3/c1-21(18(14-22)9-12-23-13-10-18)11-5-8-16-19-17(20-24-16)15-6-3-2-4-7-15/h2-4,6-7,22H,5,8-14H2,1H3. The molecule has 0 amide bonds. The van der Waals surface area contributed by atoms with Gasteiger partial charge in [-0.3, -0.25) is 4.90 Å². The van der Waals surface area contributed by atoms with Crippen molar-refractivity contribution in [2.45, 2.75) is 31.2 Å². The van der Waals surface area contributed by atoms with E-state index in [-0.39, 0.29) is 12.1 Å². The molecule has 2 aromatic rings. The second-order valence-corrected chi connectivity index (χ2v) is 6.40. The second-order valence-electron chi connectivity index (χ2n) is 6.40. The van der Waals surface area contributed by atoms with Crippen molar-refractivity contribution in [3.63, 3.8) is 0 Å². The van der Waals surface area contributed by atoms with Crippen molar-refractivity contribution >= 4 is 0 Å². The molecule has 24 heavy (non-hydrogen) atoms. The van der Waals surface area contributed by atoms with Crippen LogP contribution in [0.25, 0.3) is 11.4 Å². The number of aromatic nitrogens is 2. The summed E-state index contributed by atoms with van der Waals surface area (Å²) in [6.07, 6.45) is 3.40. The van der Waals surface area contributed by atoms with Gasteiger partial charge < -0.3 is 14.4 Å². The molecule has 1 saturated heterocycles. The Morgan fingerprint density at radius 3 is 2.67 bits per heavy atom. The van der Waals surface area contributed by atoms with Gasteiger partial charge in [-0.2, -0.15) is 4.98 Å². The predicted octanol–water partition coefficient (Wildman–Crippen LogP) is 2.14. The van der Waals surface area contributed by atoms with Gasteiger partial charge >= 0.3 is 0 Å². The van der Waals surface area contributed by atoms with E-state index in [1.54, 1.807) is 0 Å². The molecule has 0 atom stereocenters. The zero-order valence-electron chi connectivity index (χ0n) is 14.1. The first-order valence-electron chi connectivity index (χ1n) is 8.51. The Morgan fingerprint density at radius 1 is 1.21 bits per heavy atom. The number of nitrogens with zero attached hydrogens (tertiary/aromatic N) is 3. The Kier molecular flexibility index (Phi) is 5.60. The Labute approximate surface area is 142 Å². The predicted molar refractivity (Wildman–Crippen MR) is 90.6 cm³/mol. The summed E-state index contributed by atoms with van der Waals surface area (Å²) in [4.78, 5) is 6.72. The normalized spacial score (nSPS) is 17.3. The highest BCUT2D eigenvalue weighted by atomic mass is 16.5. The van der Waals surface area contributed by atoms with Crippen molar-refractivity contribution in [3.8, 4) is 11.4 Å². The van der Waals surface area contributed by atoms with E-state index in [0.29, 0.717) is 11.7 Å². The molecule has 0 spiro atoms. The van der Waals surface area contributed by atoms with Crippen molar-refractivity contribution in [1.82, 2.24) is 15.0 Å². The van der Waals surface area contributed by atoms with Gasteiger partial charge in [0.05, 0.1) is 6.61 Å². The third-order valence-electron chi connectivity index (χ3n) is 4.91. The van der Waals surface area contributed by atoms with Crippen LogP contribution in [0.3, 0.4) is 0 Å². The minimum absolute atomic E-state index is 0.151. The maximum absolute atomic E-state index is 9.82. The molecule has 0 saturated carbocycles. The number of rotatable bonds is 7. The van der Waals surface area contributed by atoms with Gasteiger partial charge in [-0.25, -0.2) is 0 Å². The number of aliphatic hydroxyl groups is 1. The van der Waals surface area contributed by atoms with Crippen molar-refractivity contribution < 1.29 is 14.4 Å². The molecule has 1 aliphatic rings. The molecule has 1 fully saturated rings. The van der Waals surface area contributed by atoms with E-state index in [1.165, 1.54) is 0 Å². The van der Waals surface area contributed by atoms with E-state index in [2.05, 4.69) is 22.1 Å². The highest BCUT2D eigenvalue weighted by molar-refractivity contribution is 5.53. The molecule has 0 aliphatic carbocycles. The van der Waals surface area contributed by atoms with Gasteiger partial charge in [-0.05, 0) is 32.9 Å². The van der Waals surface area contributed by atoms with Gasteiger partial charge in [0.1, 0.15) is 0 Å². The maximum atomic E-state index is 9.82. The minimum Gasteiger partial charge on any atom is -0.394 e. The molecule has 1 aromatic heterocycles. The van der Waals surface area contributed by atoms with E-state index in [1.807, 2.05) is 30.3 Å². The number of aryl methyl sites for hydroxylation is 1. The number of aliphatic hydroxyl groups excluding tert-OH is 1. The quantitative estimate of drug-likeness (QED) is 0.838. The first-order chi connectivity index (χ1) is 11.7.